The van der Waals surface area contributed by atoms with Crippen LogP contribution in [0.15, 0.2) is 4.52 Å². The number of nitrogens with zero attached hydrogens (tertiary/aromatic N) is 2. The molecule has 1 fully saturated rings. The van der Waals surface area contributed by atoms with Gasteiger partial charge >= 0.3 is 0 Å². The van der Waals surface area contributed by atoms with Crippen LogP contribution in [0.3, 0.4) is 0 Å². The maximum Gasteiger partial charge on any atom is 0.231 e. The molecule has 1 saturated carbocycles. The van der Waals surface area contributed by atoms with E-state index in [9.17, 15) is 0 Å². The predicted molar refractivity (Wildman–Crippen MR) is 82.2 cm³/mol. The fourth-order valence-electron chi connectivity index (χ4n) is 3.09. The topological polar surface area (TPSA) is 60.2 Å². The molecule has 1 aromatic rings. The van der Waals surface area contributed by atoms with Crippen LogP contribution in [-0.4, -0.2) is 29.3 Å². The molecule has 5 heteroatoms. The van der Waals surface area contributed by atoms with Crippen LogP contribution in [-0.2, 0) is 4.74 Å². The Morgan fingerprint density at radius 3 is 2.81 bits per heavy atom. The summed E-state index contributed by atoms with van der Waals surface area (Å²) in [6.45, 7) is 10.1. The summed E-state index contributed by atoms with van der Waals surface area (Å²) < 4.78 is 11.3. The van der Waals surface area contributed by atoms with Gasteiger partial charge in [0.25, 0.3) is 0 Å². The quantitative estimate of drug-likeness (QED) is 0.796. The highest BCUT2D eigenvalue weighted by molar-refractivity contribution is 5.04. The molecule has 21 heavy (non-hydrogen) atoms. The summed E-state index contributed by atoms with van der Waals surface area (Å²) in [5.41, 5.74) is 0. The third-order valence-corrected chi connectivity index (χ3v) is 4.15. The molecule has 0 saturated heterocycles. The summed E-state index contributed by atoms with van der Waals surface area (Å²) in [6.07, 6.45) is 4.63. The smallest absolute Gasteiger partial charge is 0.231 e. The van der Waals surface area contributed by atoms with Crippen molar-refractivity contribution >= 4 is 0 Å². The van der Waals surface area contributed by atoms with Gasteiger partial charge in [-0.1, -0.05) is 32.3 Å². The van der Waals surface area contributed by atoms with Gasteiger partial charge in [-0.05, 0) is 38.6 Å². The van der Waals surface area contributed by atoms with E-state index in [-0.39, 0.29) is 6.10 Å². The van der Waals surface area contributed by atoms with E-state index in [1.165, 1.54) is 12.8 Å². The molecule has 120 valence electrons. The second kappa shape index (κ2) is 7.90. The molecule has 2 rings (SSSR count). The Morgan fingerprint density at radius 1 is 1.33 bits per heavy atom. The van der Waals surface area contributed by atoms with Crippen LogP contribution in [0.5, 0.6) is 0 Å². The maximum atomic E-state index is 5.76. The highest BCUT2D eigenvalue weighted by atomic mass is 16.5. The summed E-state index contributed by atoms with van der Waals surface area (Å²) >= 11 is 0. The van der Waals surface area contributed by atoms with Gasteiger partial charge in [0.15, 0.2) is 0 Å². The van der Waals surface area contributed by atoms with E-state index in [0.717, 1.165) is 25.3 Å². The van der Waals surface area contributed by atoms with E-state index in [1.807, 2.05) is 6.92 Å². The third-order valence-electron chi connectivity index (χ3n) is 4.15. The number of hydrogen-bond donors (Lipinski definition) is 1. The number of rotatable bonds is 8. The summed E-state index contributed by atoms with van der Waals surface area (Å²) in [4.78, 5) is 4.65. The average Bonchev–Trinajstić information content (AvgIpc) is 3.10. The normalized spacial score (nSPS) is 23.9. The van der Waals surface area contributed by atoms with Crippen LogP contribution in [0.2, 0.25) is 0 Å². The second-order valence-corrected chi connectivity index (χ2v) is 6.21. The SMILES string of the molecule is CCCNC1CCCC1c1nc(C(OCC)C(C)C)no1. The lowest BCUT2D eigenvalue weighted by Crippen LogP contribution is -2.32. The van der Waals surface area contributed by atoms with Crippen molar-refractivity contribution in [2.24, 2.45) is 5.92 Å². The lowest BCUT2D eigenvalue weighted by atomic mass is 10.0. The Hall–Kier alpha value is -0.940. The van der Waals surface area contributed by atoms with E-state index in [0.29, 0.717) is 30.3 Å². The first-order valence-electron chi connectivity index (χ1n) is 8.35. The first-order chi connectivity index (χ1) is 10.2. The molecule has 1 N–H and O–H groups in total. The molecule has 0 radical (unpaired) electrons. The fourth-order valence-corrected chi connectivity index (χ4v) is 3.09. The zero-order valence-corrected chi connectivity index (χ0v) is 13.8. The van der Waals surface area contributed by atoms with Gasteiger partial charge in [0.05, 0.1) is 5.92 Å². The van der Waals surface area contributed by atoms with Crippen LogP contribution < -0.4 is 5.32 Å². The van der Waals surface area contributed by atoms with E-state index >= 15 is 0 Å². The highest BCUT2D eigenvalue weighted by Gasteiger charge is 2.33. The molecule has 3 atom stereocenters. The van der Waals surface area contributed by atoms with Crippen LogP contribution in [0.4, 0.5) is 0 Å². The molecular weight excluding hydrogens is 266 g/mol. The largest absolute Gasteiger partial charge is 0.370 e. The Kier molecular flexibility index (Phi) is 6.18. The van der Waals surface area contributed by atoms with E-state index in [4.69, 9.17) is 9.26 Å². The molecule has 1 aliphatic carbocycles. The number of nitrogens with one attached hydrogen (secondary N) is 1. The minimum absolute atomic E-state index is 0.0732. The Balaban J connectivity index is 2.07. The molecule has 0 aliphatic heterocycles. The number of hydrogen-bond acceptors (Lipinski definition) is 5. The Labute approximate surface area is 127 Å². The summed E-state index contributed by atoms with van der Waals surface area (Å²) in [5, 5.41) is 7.78. The van der Waals surface area contributed by atoms with Crippen molar-refractivity contribution in [2.45, 2.75) is 71.4 Å². The minimum Gasteiger partial charge on any atom is -0.370 e. The van der Waals surface area contributed by atoms with Gasteiger partial charge < -0.3 is 14.6 Å². The monoisotopic (exact) mass is 295 g/mol. The van der Waals surface area contributed by atoms with Crippen molar-refractivity contribution in [3.05, 3.63) is 11.7 Å². The standard InChI is InChI=1S/C16H29N3O2/c1-5-10-17-13-9-7-8-12(13)16-18-15(19-21-16)14(11(3)4)20-6-2/h11-14,17H,5-10H2,1-4H3. The van der Waals surface area contributed by atoms with Crippen LogP contribution >= 0.6 is 0 Å². The van der Waals surface area contributed by atoms with Crippen LogP contribution in [0.25, 0.3) is 0 Å². The van der Waals surface area contributed by atoms with Crippen molar-refractivity contribution in [1.29, 1.82) is 0 Å². The molecule has 0 aromatic carbocycles. The number of aromatic nitrogens is 2. The molecule has 0 amide bonds. The predicted octanol–water partition coefficient (Wildman–Crippen LogP) is 3.44. The van der Waals surface area contributed by atoms with Crippen LogP contribution in [0, 0.1) is 5.92 Å². The van der Waals surface area contributed by atoms with E-state index in [2.05, 4.69) is 36.2 Å². The molecule has 3 unspecified atom stereocenters. The Bertz CT molecular complexity index is 419. The zero-order valence-electron chi connectivity index (χ0n) is 13.8. The first-order valence-corrected chi connectivity index (χ1v) is 8.35. The van der Waals surface area contributed by atoms with E-state index in [1.54, 1.807) is 0 Å². The van der Waals surface area contributed by atoms with Gasteiger partial charge in [-0.3, -0.25) is 0 Å². The molecule has 0 spiro atoms. The lowest BCUT2D eigenvalue weighted by Gasteiger charge is -2.18. The summed E-state index contributed by atoms with van der Waals surface area (Å²) in [5.74, 6) is 2.17. The minimum atomic E-state index is -0.0732. The van der Waals surface area contributed by atoms with Crippen molar-refractivity contribution in [1.82, 2.24) is 15.5 Å². The summed E-state index contributed by atoms with van der Waals surface area (Å²) in [6, 6.07) is 0.475. The summed E-state index contributed by atoms with van der Waals surface area (Å²) in [7, 11) is 0. The van der Waals surface area contributed by atoms with Crippen molar-refractivity contribution in [3.8, 4) is 0 Å². The number of ether oxygens (including phenoxy) is 1. The molecule has 1 heterocycles. The van der Waals surface area contributed by atoms with Gasteiger partial charge in [0.1, 0.15) is 6.10 Å². The molecular formula is C16H29N3O2. The van der Waals surface area contributed by atoms with Gasteiger partial charge in [-0.15, -0.1) is 0 Å². The molecule has 1 aliphatic rings. The van der Waals surface area contributed by atoms with Gasteiger partial charge in [0.2, 0.25) is 11.7 Å². The molecule has 1 aromatic heterocycles. The maximum absolute atomic E-state index is 5.76. The van der Waals surface area contributed by atoms with Crippen LogP contribution in [0.1, 0.15) is 77.1 Å². The molecule has 5 nitrogen and oxygen atoms in total. The van der Waals surface area contributed by atoms with Gasteiger partial charge in [0, 0.05) is 12.6 Å². The highest BCUT2D eigenvalue weighted by Crippen LogP contribution is 2.35. The van der Waals surface area contributed by atoms with Crippen molar-refractivity contribution in [2.75, 3.05) is 13.2 Å². The van der Waals surface area contributed by atoms with Gasteiger partial charge in [-0.25, -0.2) is 0 Å². The van der Waals surface area contributed by atoms with E-state index < -0.39 is 0 Å². The third kappa shape index (κ3) is 4.04. The fraction of sp³-hybridized carbons (Fsp3) is 0.875. The first kappa shape index (κ1) is 16.4. The second-order valence-electron chi connectivity index (χ2n) is 6.21. The lowest BCUT2D eigenvalue weighted by molar-refractivity contribution is 0.0217. The molecule has 0 bridgehead atoms. The van der Waals surface area contributed by atoms with Crippen molar-refractivity contribution in [3.63, 3.8) is 0 Å². The average molecular weight is 295 g/mol. The van der Waals surface area contributed by atoms with Gasteiger partial charge in [-0.2, -0.15) is 4.98 Å². The zero-order chi connectivity index (χ0) is 15.2. The Morgan fingerprint density at radius 2 is 2.14 bits per heavy atom. The van der Waals surface area contributed by atoms with Crippen molar-refractivity contribution < 1.29 is 9.26 Å².